The van der Waals surface area contributed by atoms with E-state index in [-0.39, 0.29) is 5.56 Å². The summed E-state index contributed by atoms with van der Waals surface area (Å²) in [7, 11) is -0.207. The molecule has 19 heavy (non-hydrogen) atoms. The van der Waals surface area contributed by atoms with Crippen molar-refractivity contribution < 1.29 is 8.42 Å². The largest absolute Gasteiger partial charge is 0.329 e. The Morgan fingerprint density at radius 2 is 2.16 bits per heavy atom. The smallest absolute Gasteiger partial charge is 0.281 e. The molecule has 1 N–H and O–H groups in total. The first kappa shape index (κ1) is 14.2. The van der Waals surface area contributed by atoms with Gasteiger partial charge in [-0.15, -0.1) is 0 Å². The van der Waals surface area contributed by atoms with Gasteiger partial charge in [-0.25, -0.2) is 0 Å². The van der Waals surface area contributed by atoms with E-state index in [2.05, 4.69) is 4.98 Å². The second-order valence-electron chi connectivity index (χ2n) is 5.07. The molecule has 0 aromatic carbocycles. The Labute approximate surface area is 113 Å². The van der Waals surface area contributed by atoms with Gasteiger partial charge in [-0.2, -0.15) is 17.0 Å². The van der Waals surface area contributed by atoms with Crippen LogP contribution in [-0.2, 0) is 16.6 Å². The Bertz CT molecular complexity index is 574. The van der Waals surface area contributed by atoms with Crippen LogP contribution in [-0.4, -0.2) is 49.2 Å². The number of rotatable bonds is 4. The number of aromatic amines is 1. The minimum atomic E-state index is -3.30. The maximum atomic E-state index is 12.0. The lowest BCUT2D eigenvalue weighted by atomic mass is 10.0. The molecular formula is C12H19N3O3S. The van der Waals surface area contributed by atoms with Gasteiger partial charge in [-0.1, -0.05) is 6.07 Å². The number of nitrogens with one attached hydrogen (secondary N) is 1. The van der Waals surface area contributed by atoms with Gasteiger partial charge in [-0.3, -0.25) is 4.79 Å². The Kier molecular flexibility index (Phi) is 4.07. The van der Waals surface area contributed by atoms with Crippen LogP contribution in [0.2, 0.25) is 0 Å². The van der Waals surface area contributed by atoms with Crippen molar-refractivity contribution in [3.8, 4) is 0 Å². The highest BCUT2D eigenvalue weighted by atomic mass is 32.2. The van der Waals surface area contributed by atoms with Crippen LogP contribution >= 0.6 is 0 Å². The summed E-state index contributed by atoms with van der Waals surface area (Å²) in [4.78, 5) is 13.6. The van der Waals surface area contributed by atoms with Gasteiger partial charge < -0.3 is 4.98 Å². The molecule has 7 heteroatoms. The second-order valence-corrected chi connectivity index (χ2v) is 7.21. The van der Waals surface area contributed by atoms with E-state index in [9.17, 15) is 13.2 Å². The van der Waals surface area contributed by atoms with E-state index < -0.39 is 10.2 Å². The molecule has 1 aromatic heterocycles. The van der Waals surface area contributed by atoms with Crippen LogP contribution in [0.15, 0.2) is 23.1 Å². The van der Waals surface area contributed by atoms with E-state index in [1.165, 1.54) is 14.7 Å². The normalized spacial score (nSPS) is 21.1. The van der Waals surface area contributed by atoms with Gasteiger partial charge in [0.25, 0.3) is 10.2 Å². The number of hydrogen-bond donors (Lipinski definition) is 1. The molecule has 106 valence electrons. The molecule has 1 saturated heterocycles. The fourth-order valence-corrected chi connectivity index (χ4v) is 3.50. The molecule has 0 radical (unpaired) electrons. The third kappa shape index (κ3) is 3.23. The lowest BCUT2D eigenvalue weighted by Crippen LogP contribution is -2.38. The predicted molar refractivity (Wildman–Crippen MR) is 73.1 cm³/mol. The topological polar surface area (TPSA) is 73.5 Å². The molecule has 1 aliphatic rings. The van der Waals surface area contributed by atoms with Crippen LogP contribution in [0.25, 0.3) is 0 Å². The monoisotopic (exact) mass is 285 g/mol. The van der Waals surface area contributed by atoms with Crippen LogP contribution in [0, 0.1) is 5.92 Å². The highest BCUT2D eigenvalue weighted by Gasteiger charge is 2.32. The van der Waals surface area contributed by atoms with E-state index in [0.29, 0.717) is 19.0 Å². The average molecular weight is 285 g/mol. The summed E-state index contributed by atoms with van der Waals surface area (Å²) in [5, 5.41) is 0. The SMILES string of the molecule is CN(C)S(=O)(=O)N1CC[C@H](Cc2ccc(=O)[nH]c2)C1. The van der Waals surface area contributed by atoms with E-state index in [0.717, 1.165) is 18.4 Å². The molecule has 0 amide bonds. The lowest BCUT2D eigenvalue weighted by Gasteiger charge is -2.20. The van der Waals surface area contributed by atoms with Crippen LogP contribution in [0.3, 0.4) is 0 Å². The van der Waals surface area contributed by atoms with Crippen molar-refractivity contribution in [2.24, 2.45) is 5.92 Å². The highest BCUT2D eigenvalue weighted by Crippen LogP contribution is 2.23. The highest BCUT2D eigenvalue weighted by molar-refractivity contribution is 7.86. The first-order valence-corrected chi connectivity index (χ1v) is 7.64. The molecule has 2 rings (SSSR count). The summed E-state index contributed by atoms with van der Waals surface area (Å²) < 4.78 is 26.7. The second kappa shape index (κ2) is 5.44. The third-order valence-corrected chi connectivity index (χ3v) is 5.32. The van der Waals surface area contributed by atoms with Crippen molar-refractivity contribution in [1.82, 2.24) is 13.6 Å². The van der Waals surface area contributed by atoms with E-state index >= 15 is 0 Å². The summed E-state index contributed by atoms with van der Waals surface area (Å²) in [6, 6.07) is 3.29. The maximum absolute atomic E-state index is 12.0. The first-order chi connectivity index (χ1) is 8.89. The molecule has 1 atom stereocenters. The molecule has 1 fully saturated rings. The number of hydrogen-bond acceptors (Lipinski definition) is 3. The molecule has 0 spiro atoms. The summed E-state index contributed by atoms with van der Waals surface area (Å²) in [6.45, 7) is 1.11. The molecule has 2 heterocycles. The molecule has 0 bridgehead atoms. The van der Waals surface area contributed by atoms with Crippen LogP contribution in [0.1, 0.15) is 12.0 Å². The number of nitrogens with zero attached hydrogens (tertiary/aromatic N) is 2. The van der Waals surface area contributed by atoms with E-state index in [1.54, 1.807) is 26.4 Å². The van der Waals surface area contributed by atoms with Gasteiger partial charge in [0, 0.05) is 39.4 Å². The Hall–Kier alpha value is -1.18. The summed E-state index contributed by atoms with van der Waals surface area (Å²) in [6.07, 6.45) is 3.34. The fraction of sp³-hybridized carbons (Fsp3) is 0.583. The Morgan fingerprint density at radius 3 is 2.74 bits per heavy atom. The molecule has 6 nitrogen and oxygen atoms in total. The van der Waals surface area contributed by atoms with E-state index in [4.69, 9.17) is 0 Å². The first-order valence-electron chi connectivity index (χ1n) is 6.25. The zero-order chi connectivity index (χ0) is 14.0. The van der Waals surface area contributed by atoms with Gasteiger partial charge in [0.15, 0.2) is 0 Å². The molecule has 0 saturated carbocycles. The van der Waals surface area contributed by atoms with Gasteiger partial charge in [0.05, 0.1) is 0 Å². The molecule has 1 aliphatic heterocycles. The van der Waals surface area contributed by atoms with E-state index in [1.807, 2.05) is 0 Å². The summed E-state index contributed by atoms with van der Waals surface area (Å²) in [5.74, 6) is 0.306. The molecule has 1 aromatic rings. The zero-order valence-corrected chi connectivity index (χ0v) is 12.0. The molecule has 0 aliphatic carbocycles. The standard InChI is InChI=1S/C12H19N3O3S/c1-14(2)19(17,18)15-6-5-11(9-15)7-10-3-4-12(16)13-8-10/h3-4,8,11H,5-7,9H2,1-2H3,(H,13,16)/t11-/m1/s1. The Morgan fingerprint density at radius 1 is 1.42 bits per heavy atom. The zero-order valence-electron chi connectivity index (χ0n) is 11.2. The minimum absolute atomic E-state index is 0.119. The molecule has 0 unspecified atom stereocenters. The number of aromatic nitrogens is 1. The number of H-pyrrole nitrogens is 1. The summed E-state index contributed by atoms with van der Waals surface area (Å²) in [5.41, 5.74) is 0.917. The van der Waals surface area contributed by atoms with Crippen LogP contribution < -0.4 is 5.56 Å². The van der Waals surface area contributed by atoms with Crippen molar-refractivity contribution in [3.05, 3.63) is 34.2 Å². The van der Waals surface area contributed by atoms with Crippen molar-refractivity contribution in [2.75, 3.05) is 27.2 Å². The maximum Gasteiger partial charge on any atom is 0.281 e. The lowest BCUT2D eigenvalue weighted by molar-refractivity contribution is 0.409. The van der Waals surface area contributed by atoms with Gasteiger partial charge in [-0.05, 0) is 24.3 Å². The minimum Gasteiger partial charge on any atom is -0.329 e. The van der Waals surface area contributed by atoms with Crippen molar-refractivity contribution in [1.29, 1.82) is 0 Å². The molecular weight excluding hydrogens is 266 g/mol. The van der Waals surface area contributed by atoms with Gasteiger partial charge in [0.2, 0.25) is 5.56 Å². The van der Waals surface area contributed by atoms with Gasteiger partial charge in [0.1, 0.15) is 0 Å². The summed E-state index contributed by atoms with van der Waals surface area (Å²) >= 11 is 0. The third-order valence-electron chi connectivity index (χ3n) is 3.41. The van der Waals surface area contributed by atoms with Gasteiger partial charge >= 0.3 is 0 Å². The van der Waals surface area contributed by atoms with Crippen LogP contribution in [0.4, 0.5) is 0 Å². The fourth-order valence-electron chi connectivity index (χ4n) is 2.31. The quantitative estimate of drug-likeness (QED) is 0.849. The predicted octanol–water partition coefficient (Wildman–Crippen LogP) is 0.0457. The van der Waals surface area contributed by atoms with Crippen molar-refractivity contribution in [2.45, 2.75) is 12.8 Å². The van der Waals surface area contributed by atoms with Crippen molar-refractivity contribution in [3.63, 3.8) is 0 Å². The number of pyridine rings is 1. The van der Waals surface area contributed by atoms with Crippen LogP contribution in [0.5, 0.6) is 0 Å². The average Bonchev–Trinajstić information content (AvgIpc) is 2.81. The Balaban J connectivity index is 1.99. The van der Waals surface area contributed by atoms with Crippen molar-refractivity contribution >= 4 is 10.2 Å².